The van der Waals surface area contributed by atoms with E-state index in [9.17, 15) is 18.0 Å². The molecule has 2 aliphatic rings. The summed E-state index contributed by atoms with van der Waals surface area (Å²) in [4.78, 5) is 26.9. The molecule has 0 aliphatic carbocycles. The van der Waals surface area contributed by atoms with E-state index < -0.39 is 16.1 Å². The largest absolute Gasteiger partial charge is 0.324 e. The maximum absolute atomic E-state index is 12.9. The minimum atomic E-state index is -3.56. The van der Waals surface area contributed by atoms with Crippen LogP contribution in [0.15, 0.2) is 47.4 Å². The number of hydrogen-bond donors (Lipinski definition) is 1. The number of anilines is 2. The lowest BCUT2D eigenvalue weighted by Gasteiger charge is -2.23. The monoisotopic (exact) mass is 427 g/mol. The predicted octanol–water partition coefficient (Wildman–Crippen LogP) is 2.70. The first-order valence-electron chi connectivity index (χ1n) is 10.1. The zero-order valence-electron chi connectivity index (χ0n) is 17.1. The highest BCUT2D eigenvalue weighted by Crippen LogP contribution is 2.35. The first-order valence-corrected chi connectivity index (χ1v) is 11.5. The smallest absolute Gasteiger partial charge is 0.247 e. The second-order valence-corrected chi connectivity index (χ2v) is 9.80. The van der Waals surface area contributed by atoms with Gasteiger partial charge in [0.2, 0.25) is 21.8 Å². The lowest BCUT2D eigenvalue weighted by Crippen LogP contribution is -2.44. The molecule has 1 saturated heterocycles. The highest BCUT2D eigenvalue weighted by atomic mass is 32.2. The van der Waals surface area contributed by atoms with Crippen molar-refractivity contribution in [1.82, 2.24) is 4.31 Å². The Morgan fingerprint density at radius 3 is 2.33 bits per heavy atom. The van der Waals surface area contributed by atoms with E-state index in [1.807, 2.05) is 31.2 Å². The lowest BCUT2D eigenvalue weighted by molar-refractivity contribution is -0.122. The second-order valence-electron chi connectivity index (χ2n) is 7.87. The molecule has 0 bridgehead atoms. The van der Waals surface area contributed by atoms with E-state index >= 15 is 0 Å². The third kappa shape index (κ3) is 3.73. The summed E-state index contributed by atoms with van der Waals surface area (Å²) in [5.41, 5.74) is 3.02. The van der Waals surface area contributed by atoms with E-state index in [1.165, 1.54) is 22.2 Å². The molecule has 0 saturated carbocycles. The Balaban J connectivity index is 1.61. The van der Waals surface area contributed by atoms with Crippen molar-refractivity contribution < 1.29 is 18.0 Å². The summed E-state index contributed by atoms with van der Waals surface area (Å²) in [5.74, 6) is -0.554. The zero-order chi connectivity index (χ0) is 21.5. The van der Waals surface area contributed by atoms with Gasteiger partial charge < -0.3 is 5.32 Å². The van der Waals surface area contributed by atoms with Crippen LogP contribution in [0.2, 0.25) is 0 Å². The van der Waals surface area contributed by atoms with Gasteiger partial charge in [-0.15, -0.1) is 0 Å². The fraction of sp³-hybridized carbons (Fsp3) is 0.364. The topological polar surface area (TPSA) is 86.8 Å². The van der Waals surface area contributed by atoms with E-state index in [-0.39, 0.29) is 23.1 Å². The minimum absolute atomic E-state index is 0.214. The van der Waals surface area contributed by atoms with Crippen molar-refractivity contribution in [2.24, 2.45) is 0 Å². The van der Waals surface area contributed by atoms with E-state index in [4.69, 9.17) is 0 Å². The Kier molecular flexibility index (Phi) is 5.38. The maximum atomic E-state index is 12.9. The number of rotatable bonds is 4. The van der Waals surface area contributed by atoms with Crippen LogP contribution in [0.3, 0.4) is 0 Å². The van der Waals surface area contributed by atoms with Gasteiger partial charge in [0.25, 0.3) is 0 Å². The molecule has 1 atom stereocenters. The van der Waals surface area contributed by atoms with Gasteiger partial charge in [0.15, 0.2) is 0 Å². The standard InChI is InChI=1S/C22H25N3O4S/c1-15-5-7-18(8-6-15)23-22(27)21-14-17-13-19(9-10-20(17)25(21)16(2)26)30(28,29)24-11-3-4-12-24/h5-10,13,21H,3-4,11-12,14H2,1-2H3,(H,23,27)/t21-/m0/s1. The minimum Gasteiger partial charge on any atom is -0.324 e. The molecule has 2 amide bonds. The molecule has 1 N–H and O–H groups in total. The summed E-state index contributed by atoms with van der Waals surface area (Å²) in [6.07, 6.45) is 2.00. The van der Waals surface area contributed by atoms with Gasteiger partial charge in [0.05, 0.1) is 4.90 Å². The highest BCUT2D eigenvalue weighted by molar-refractivity contribution is 7.89. The van der Waals surface area contributed by atoms with Crippen LogP contribution >= 0.6 is 0 Å². The van der Waals surface area contributed by atoms with Crippen molar-refractivity contribution in [3.8, 4) is 0 Å². The average molecular weight is 428 g/mol. The number of hydrogen-bond acceptors (Lipinski definition) is 4. The summed E-state index contributed by atoms with van der Waals surface area (Å²) in [7, 11) is -3.56. The first-order chi connectivity index (χ1) is 14.3. The number of amides is 2. The predicted molar refractivity (Wildman–Crippen MR) is 115 cm³/mol. The van der Waals surface area contributed by atoms with Gasteiger partial charge in [-0.25, -0.2) is 8.42 Å². The third-order valence-corrected chi connectivity index (χ3v) is 7.59. The van der Waals surface area contributed by atoms with Crippen LogP contribution in [0.5, 0.6) is 0 Å². The molecule has 30 heavy (non-hydrogen) atoms. The van der Waals surface area contributed by atoms with Crippen LogP contribution in [0, 0.1) is 6.92 Å². The number of sulfonamides is 1. The normalized spacial score (nSPS) is 19.0. The molecular weight excluding hydrogens is 402 g/mol. The molecule has 8 heteroatoms. The molecule has 1 fully saturated rings. The Hall–Kier alpha value is -2.71. The lowest BCUT2D eigenvalue weighted by atomic mass is 10.1. The third-order valence-electron chi connectivity index (χ3n) is 5.70. The van der Waals surface area contributed by atoms with Gasteiger partial charge in [0, 0.05) is 37.8 Å². The SMILES string of the molecule is CC(=O)N1c2ccc(S(=O)(=O)N3CCCC3)cc2C[C@H]1C(=O)Nc1ccc(C)cc1. The first kappa shape index (κ1) is 20.6. The Bertz CT molecular complexity index is 1090. The van der Waals surface area contributed by atoms with Crippen LogP contribution in [0.25, 0.3) is 0 Å². The average Bonchev–Trinajstić information content (AvgIpc) is 3.37. The number of nitrogens with zero attached hydrogens (tertiary/aromatic N) is 2. The number of nitrogens with one attached hydrogen (secondary N) is 1. The molecular formula is C22H25N3O4S. The molecule has 2 aromatic rings. The van der Waals surface area contributed by atoms with Crippen molar-refractivity contribution in [2.45, 2.75) is 44.0 Å². The van der Waals surface area contributed by atoms with Crippen LogP contribution in [-0.2, 0) is 26.0 Å². The summed E-state index contributed by atoms with van der Waals surface area (Å²) in [6, 6.07) is 11.5. The Labute approximate surface area is 176 Å². The molecule has 0 spiro atoms. The quantitative estimate of drug-likeness (QED) is 0.813. The van der Waals surface area contributed by atoms with Gasteiger partial charge >= 0.3 is 0 Å². The summed E-state index contributed by atoms with van der Waals surface area (Å²) in [6.45, 7) is 4.43. The molecule has 7 nitrogen and oxygen atoms in total. The van der Waals surface area contributed by atoms with Gasteiger partial charge in [-0.2, -0.15) is 4.31 Å². The van der Waals surface area contributed by atoms with Gasteiger partial charge in [-0.3, -0.25) is 14.5 Å². The molecule has 2 heterocycles. The van der Waals surface area contributed by atoms with Crippen LogP contribution < -0.4 is 10.2 Å². The van der Waals surface area contributed by atoms with Gasteiger partial charge in [0.1, 0.15) is 6.04 Å². The van der Waals surface area contributed by atoms with Gasteiger partial charge in [-0.05, 0) is 55.7 Å². The maximum Gasteiger partial charge on any atom is 0.247 e. The number of carbonyl (C=O) groups is 2. The zero-order valence-corrected chi connectivity index (χ0v) is 17.9. The van der Waals surface area contributed by atoms with Crippen LogP contribution in [0.1, 0.15) is 30.9 Å². The van der Waals surface area contributed by atoms with E-state index in [0.717, 1.165) is 18.4 Å². The highest BCUT2D eigenvalue weighted by Gasteiger charge is 2.38. The molecule has 0 radical (unpaired) electrons. The van der Waals surface area contributed by atoms with Crippen molar-refractivity contribution in [1.29, 1.82) is 0 Å². The Morgan fingerprint density at radius 1 is 1.03 bits per heavy atom. The summed E-state index contributed by atoms with van der Waals surface area (Å²) < 4.78 is 27.3. The molecule has 2 aromatic carbocycles. The number of benzene rings is 2. The van der Waals surface area contributed by atoms with E-state index in [0.29, 0.717) is 30.0 Å². The van der Waals surface area contributed by atoms with Crippen molar-refractivity contribution >= 4 is 33.2 Å². The molecule has 0 aromatic heterocycles. The van der Waals surface area contributed by atoms with Crippen molar-refractivity contribution in [2.75, 3.05) is 23.3 Å². The molecule has 158 valence electrons. The van der Waals surface area contributed by atoms with E-state index in [1.54, 1.807) is 12.1 Å². The van der Waals surface area contributed by atoms with Crippen molar-refractivity contribution in [3.05, 3.63) is 53.6 Å². The van der Waals surface area contributed by atoms with E-state index in [2.05, 4.69) is 5.32 Å². The molecule has 4 rings (SSSR count). The number of aryl methyl sites for hydroxylation is 1. The molecule has 2 aliphatic heterocycles. The second kappa shape index (κ2) is 7.85. The van der Waals surface area contributed by atoms with Crippen molar-refractivity contribution in [3.63, 3.8) is 0 Å². The van der Waals surface area contributed by atoms with Crippen LogP contribution in [-0.4, -0.2) is 43.7 Å². The fourth-order valence-electron chi connectivity index (χ4n) is 4.13. The molecule has 0 unspecified atom stereocenters. The van der Waals surface area contributed by atoms with Gasteiger partial charge in [-0.1, -0.05) is 17.7 Å². The fourth-order valence-corrected chi connectivity index (χ4v) is 5.70. The summed E-state index contributed by atoms with van der Waals surface area (Å²) >= 11 is 0. The number of carbonyl (C=O) groups excluding carboxylic acids is 2. The summed E-state index contributed by atoms with van der Waals surface area (Å²) in [5, 5.41) is 2.86. The Morgan fingerprint density at radius 2 is 1.70 bits per heavy atom. The van der Waals surface area contributed by atoms with Crippen LogP contribution in [0.4, 0.5) is 11.4 Å². The number of fused-ring (bicyclic) bond motifs is 1.